The van der Waals surface area contributed by atoms with E-state index in [9.17, 15) is 4.79 Å². The molecule has 108 valence electrons. The Hall–Kier alpha value is -1.33. The molecular formula is C14H25N3O2. The first-order valence-electron chi connectivity index (χ1n) is 6.46. The van der Waals surface area contributed by atoms with Crippen LogP contribution in [-0.2, 0) is 4.79 Å². The molecule has 1 aromatic heterocycles. The van der Waals surface area contributed by atoms with Crippen LogP contribution >= 0.6 is 0 Å². The number of amides is 1. The number of nitrogens with one attached hydrogen (secondary N) is 1. The number of rotatable bonds is 5. The highest BCUT2D eigenvalue weighted by Gasteiger charge is 2.28. The van der Waals surface area contributed by atoms with Crippen LogP contribution in [0.4, 0.5) is 0 Å². The first kappa shape index (κ1) is 15.7. The maximum Gasteiger partial charge on any atom is 0.237 e. The van der Waals surface area contributed by atoms with Gasteiger partial charge in [0.2, 0.25) is 5.91 Å². The minimum Gasteiger partial charge on any atom is -0.468 e. The molecule has 5 nitrogen and oxygen atoms in total. The Kier molecular flexibility index (Phi) is 5.14. The van der Waals surface area contributed by atoms with E-state index in [0.717, 1.165) is 5.76 Å². The molecule has 2 atom stereocenters. The van der Waals surface area contributed by atoms with Crippen molar-refractivity contribution in [1.82, 2.24) is 10.2 Å². The third kappa shape index (κ3) is 4.36. The summed E-state index contributed by atoms with van der Waals surface area (Å²) in [4.78, 5) is 14.0. The molecule has 0 saturated carbocycles. The van der Waals surface area contributed by atoms with Gasteiger partial charge in [-0.25, -0.2) is 0 Å². The Bertz CT molecular complexity index is 393. The van der Waals surface area contributed by atoms with Crippen LogP contribution < -0.4 is 11.1 Å². The van der Waals surface area contributed by atoms with Gasteiger partial charge in [-0.3, -0.25) is 9.69 Å². The molecule has 1 heterocycles. The van der Waals surface area contributed by atoms with E-state index in [1.165, 1.54) is 0 Å². The molecule has 1 aromatic rings. The molecule has 19 heavy (non-hydrogen) atoms. The van der Waals surface area contributed by atoms with E-state index in [4.69, 9.17) is 10.2 Å². The van der Waals surface area contributed by atoms with Gasteiger partial charge in [0.05, 0.1) is 18.3 Å². The van der Waals surface area contributed by atoms with E-state index in [0.29, 0.717) is 6.54 Å². The Morgan fingerprint density at radius 3 is 2.53 bits per heavy atom. The Balaban J connectivity index is 2.61. The second kappa shape index (κ2) is 6.21. The summed E-state index contributed by atoms with van der Waals surface area (Å²) < 4.78 is 5.39. The predicted octanol–water partition coefficient (Wildman–Crippen LogP) is 1.37. The van der Waals surface area contributed by atoms with E-state index in [2.05, 4.69) is 5.32 Å². The molecule has 1 amide bonds. The van der Waals surface area contributed by atoms with Crippen molar-refractivity contribution in [3.63, 3.8) is 0 Å². The van der Waals surface area contributed by atoms with Crippen molar-refractivity contribution in [2.45, 2.75) is 32.9 Å². The summed E-state index contributed by atoms with van der Waals surface area (Å²) in [6.07, 6.45) is 1.63. The van der Waals surface area contributed by atoms with Crippen LogP contribution in [0.3, 0.4) is 0 Å². The molecule has 3 N–H and O–H groups in total. The van der Waals surface area contributed by atoms with Crippen molar-refractivity contribution < 1.29 is 9.21 Å². The van der Waals surface area contributed by atoms with Gasteiger partial charge in [-0.2, -0.15) is 0 Å². The molecule has 0 radical (unpaired) electrons. The van der Waals surface area contributed by atoms with Crippen LogP contribution in [0.15, 0.2) is 22.8 Å². The number of carbonyl (C=O) groups excluding carboxylic acids is 1. The zero-order chi connectivity index (χ0) is 14.6. The third-order valence-electron chi connectivity index (χ3n) is 3.18. The highest BCUT2D eigenvalue weighted by Crippen LogP contribution is 2.19. The number of furan rings is 1. The maximum atomic E-state index is 12.0. The first-order valence-corrected chi connectivity index (χ1v) is 6.46. The van der Waals surface area contributed by atoms with Gasteiger partial charge in [0.25, 0.3) is 0 Å². The lowest BCUT2D eigenvalue weighted by Gasteiger charge is -2.28. The lowest BCUT2D eigenvalue weighted by Crippen LogP contribution is -2.50. The zero-order valence-corrected chi connectivity index (χ0v) is 12.4. The minimum atomic E-state index is -0.521. The second-order valence-corrected chi connectivity index (χ2v) is 6.08. The summed E-state index contributed by atoms with van der Waals surface area (Å²) in [5.74, 6) is 0.695. The average Bonchev–Trinajstić information content (AvgIpc) is 2.79. The van der Waals surface area contributed by atoms with Gasteiger partial charge in [-0.05, 0) is 31.6 Å². The van der Waals surface area contributed by atoms with Gasteiger partial charge in [0.15, 0.2) is 0 Å². The van der Waals surface area contributed by atoms with E-state index >= 15 is 0 Å². The average molecular weight is 267 g/mol. The molecule has 5 heteroatoms. The predicted molar refractivity (Wildman–Crippen MR) is 75.6 cm³/mol. The molecule has 0 aliphatic heterocycles. The molecule has 0 aliphatic carbocycles. The zero-order valence-electron chi connectivity index (χ0n) is 12.4. The minimum absolute atomic E-state index is 0.00567. The fourth-order valence-corrected chi connectivity index (χ4v) is 1.72. The highest BCUT2D eigenvalue weighted by atomic mass is 16.3. The molecule has 0 aromatic carbocycles. The van der Waals surface area contributed by atoms with Crippen LogP contribution in [0.1, 0.15) is 32.6 Å². The molecule has 0 fully saturated rings. The SMILES string of the molecule is CN(C)C(CNC(=O)[C@@H](N)C(C)(C)C)c1ccco1. The first-order chi connectivity index (χ1) is 8.73. The molecule has 0 bridgehead atoms. The van der Waals surface area contributed by atoms with Gasteiger partial charge < -0.3 is 15.5 Å². The third-order valence-corrected chi connectivity index (χ3v) is 3.18. The maximum absolute atomic E-state index is 12.0. The number of likely N-dealkylation sites (N-methyl/N-ethyl adjacent to an activating group) is 1. The quantitative estimate of drug-likeness (QED) is 0.845. The van der Waals surface area contributed by atoms with Crippen molar-refractivity contribution in [2.24, 2.45) is 11.1 Å². The van der Waals surface area contributed by atoms with Crippen molar-refractivity contribution in [3.8, 4) is 0 Å². The van der Waals surface area contributed by atoms with Crippen LogP contribution in [-0.4, -0.2) is 37.5 Å². The smallest absolute Gasteiger partial charge is 0.237 e. The molecule has 0 saturated heterocycles. The summed E-state index contributed by atoms with van der Waals surface area (Å²) >= 11 is 0. The van der Waals surface area contributed by atoms with Gasteiger partial charge in [-0.15, -0.1) is 0 Å². The topological polar surface area (TPSA) is 71.5 Å². The van der Waals surface area contributed by atoms with Gasteiger partial charge in [-0.1, -0.05) is 20.8 Å². The Labute approximate surface area is 115 Å². The number of hydrogen-bond acceptors (Lipinski definition) is 4. The molecule has 1 unspecified atom stereocenters. The second-order valence-electron chi connectivity index (χ2n) is 6.08. The van der Waals surface area contributed by atoms with E-state index in [1.54, 1.807) is 6.26 Å². The summed E-state index contributed by atoms with van der Waals surface area (Å²) in [5.41, 5.74) is 5.68. The largest absolute Gasteiger partial charge is 0.468 e. The normalized spacial score (nSPS) is 15.3. The van der Waals surface area contributed by atoms with Crippen molar-refractivity contribution in [1.29, 1.82) is 0 Å². The van der Waals surface area contributed by atoms with Crippen molar-refractivity contribution in [3.05, 3.63) is 24.2 Å². The van der Waals surface area contributed by atoms with Gasteiger partial charge >= 0.3 is 0 Å². The summed E-state index contributed by atoms with van der Waals surface area (Å²) in [6.45, 7) is 6.33. The number of hydrogen-bond donors (Lipinski definition) is 2. The fourth-order valence-electron chi connectivity index (χ4n) is 1.72. The monoisotopic (exact) mass is 267 g/mol. The highest BCUT2D eigenvalue weighted by molar-refractivity contribution is 5.82. The number of carbonyl (C=O) groups is 1. The lowest BCUT2D eigenvalue weighted by atomic mass is 9.87. The van der Waals surface area contributed by atoms with Gasteiger partial charge in [0.1, 0.15) is 5.76 Å². The lowest BCUT2D eigenvalue weighted by molar-refractivity contribution is -0.124. The van der Waals surface area contributed by atoms with Crippen LogP contribution in [0, 0.1) is 5.41 Å². The summed E-state index contributed by atoms with van der Waals surface area (Å²) in [6, 6.07) is 3.23. The van der Waals surface area contributed by atoms with E-state index < -0.39 is 6.04 Å². The molecular weight excluding hydrogens is 242 g/mol. The summed E-state index contributed by atoms with van der Waals surface area (Å²) in [7, 11) is 3.89. The molecule has 1 rings (SSSR count). The standard InChI is InChI=1S/C14H25N3O2/c1-14(2,3)12(15)13(18)16-9-10(17(4)5)11-7-6-8-19-11/h6-8,10,12H,9,15H2,1-5H3,(H,16,18)/t10?,12-/m1/s1. The summed E-state index contributed by atoms with van der Waals surface area (Å²) in [5, 5.41) is 2.89. The van der Waals surface area contributed by atoms with Crippen LogP contribution in [0.25, 0.3) is 0 Å². The molecule has 0 spiro atoms. The van der Waals surface area contributed by atoms with E-state index in [-0.39, 0.29) is 17.4 Å². The molecule has 0 aliphatic rings. The number of nitrogens with two attached hydrogens (primary N) is 1. The van der Waals surface area contributed by atoms with Crippen LogP contribution in [0.2, 0.25) is 0 Å². The fraction of sp³-hybridized carbons (Fsp3) is 0.643. The van der Waals surface area contributed by atoms with Crippen molar-refractivity contribution >= 4 is 5.91 Å². The van der Waals surface area contributed by atoms with Crippen molar-refractivity contribution in [2.75, 3.05) is 20.6 Å². The Morgan fingerprint density at radius 2 is 2.11 bits per heavy atom. The Morgan fingerprint density at radius 1 is 1.47 bits per heavy atom. The van der Waals surface area contributed by atoms with E-state index in [1.807, 2.05) is 51.9 Å². The van der Waals surface area contributed by atoms with Gasteiger partial charge in [0, 0.05) is 6.54 Å². The number of nitrogens with zero attached hydrogens (tertiary/aromatic N) is 1. The van der Waals surface area contributed by atoms with Crippen LogP contribution in [0.5, 0.6) is 0 Å².